The van der Waals surface area contributed by atoms with Crippen LogP contribution in [-0.4, -0.2) is 122 Å². The van der Waals surface area contributed by atoms with E-state index in [2.05, 4.69) is 51.5 Å². The lowest BCUT2D eigenvalue weighted by Crippen LogP contribution is -2.71. The number of amides is 1. The van der Waals surface area contributed by atoms with E-state index in [0.717, 1.165) is 22.3 Å². The molecule has 8 atom stereocenters. The molecular weight excluding hydrogens is 849 g/mol. The third-order valence-electron chi connectivity index (χ3n) is 13.9. The topological polar surface area (TPSA) is 161 Å². The number of carbonyl (C=O) groups excluding carboxylic acids is 2. The van der Waals surface area contributed by atoms with E-state index in [1.807, 2.05) is 45.2 Å². The first kappa shape index (κ1) is 44.9. The minimum absolute atomic E-state index is 0.000388. The van der Waals surface area contributed by atoms with E-state index in [9.17, 15) is 20.0 Å². The Hall–Kier alpha value is -5.24. The highest BCUT2D eigenvalue weighted by atomic mass is 32.2. The molecule has 15 heteroatoms. The molecule has 6 aliphatic rings. The number of fused-ring (bicyclic) bond motifs is 11. The minimum atomic E-state index is -1.07. The van der Waals surface area contributed by atoms with Crippen LogP contribution in [0, 0.1) is 24.2 Å². The van der Waals surface area contributed by atoms with E-state index in [1.54, 1.807) is 46.8 Å². The minimum Gasteiger partial charge on any atom is -0.493 e. The fourth-order valence-electron chi connectivity index (χ4n) is 11.3. The number of alkyl carbamates (subject to hydrolysis) is 1. The summed E-state index contributed by atoms with van der Waals surface area (Å²) in [7, 11) is 5.23. The lowest BCUT2D eigenvalue weighted by atomic mass is 9.66. The molecule has 2 bridgehead atoms. The van der Waals surface area contributed by atoms with Crippen LogP contribution in [0.5, 0.6) is 11.5 Å². The van der Waals surface area contributed by atoms with Gasteiger partial charge >= 0.3 is 12.1 Å². The van der Waals surface area contributed by atoms with Crippen molar-refractivity contribution in [1.29, 1.82) is 5.26 Å². The molecule has 4 aliphatic heterocycles. The van der Waals surface area contributed by atoms with Gasteiger partial charge in [0.1, 0.15) is 24.3 Å². The molecule has 9 rings (SSSR count). The number of thioether (sulfide) groups is 1. The fraction of sp³-hybridized carbons (Fsp3) is 0.500. The first-order valence-electron chi connectivity index (χ1n) is 22.3. The number of carbonyl (C=O) groups is 2. The quantitative estimate of drug-likeness (QED) is 0.145. The second-order valence-electron chi connectivity index (χ2n) is 18.7. The number of nitrogens with one attached hydrogen (secondary N) is 1. The van der Waals surface area contributed by atoms with Crippen molar-refractivity contribution in [2.24, 2.45) is 5.92 Å². The lowest BCUT2D eigenvalue weighted by Gasteiger charge is -2.61. The molecule has 2 N–H and O–H groups in total. The zero-order chi connectivity index (χ0) is 45.9. The van der Waals surface area contributed by atoms with Crippen LogP contribution in [0.1, 0.15) is 73.9 Å². The van der Waals surface area contributed by atoms with Gasteiger partial charge in [-0.3, -0.25) is 9.80 Å². The molecular formula is C50H58N4O10S. The summed E-state index contributed by atoms with van der Waals surface area (Å²) >= 11 is 1.56. The molecule has 0 radical (unpaired) electrons. The van der Waals surface area contributed by atoms with Gasteiger partial charge in [-0.2, -0.15) is 17.0 Å². The van der Waals surface area contributed by atoms with Crippen LogP contribution in [0.15, 0.2) is 77.3 Å². The molecule has 3 aromatic rings. The number of methoxy groups -OCH3 is 2. The van der Waals surface area contributed by atoms with Crippen molar-refractivity contribution in [3.8, 4) is 28.7 Å². The van der Waals surface area contributed by atoms with Gasteiger partial charge in [-0.1, -0.05) is 54.6 Å². The van der Waals surface area contributed by atoms with Crippen LogP contribution < -0.4 is 14.8 Å². The Balaban J connectivity index is 1.06. The predicted octanol–water partition coefficient (Wildman–Crippen LogP) is 6.74. The summed E-state index contributed by atoms with van der Waals surface area (Å²) < 4.78 is 41.9. The van der Waals surface area contributed by atoms with Crippen molar-refractivity contribution in [3.63, 3.8) is 0 Å². The molecule has 3 saturated heterocycles. The second-order valence-corrected chi connectivity index (χ2v) is 19.8. The molecule has 4 heterocycles. The number of piperidine rings is 1. The Morgan fingerprint density at radius 2 is 1.71 bits per heavy atom. The molecule has 0 spiro atoms. The number of nitrogens with zero attached hydrogens (tertiary/aromatic N) is 3. The van der Waals surface area contributed by atoms with Crippen LogP contribution in [0.3, 0.4) is 0 Å². The van der Waals surface area contributed by atoms with Crippen LogP contribution in [0.4, 0.5) is 4.79 Å². The zero-order valence-corrected chi connectivity index (χ0v) is 39.0. The Morgan fingerprint density at radius 3 is 2.37 bits per heavy atom. The smallest absolute Gasteiger partial charge is 0.408 e. The predicted molar refractivity (Wildman–Crippen MR) is 243 cm³/mol. The van der Waals surface area contributed by atoms with Crippen molar-refractivity contribution in [3.05, 3.63) is 105 Å². The van der Waals surface area contributed by atoms with Crippen LogP contribution in [0.25, 0.3) is 11.1 Å². The number of esters is 1. The normalized spacial score (nSPS) is 25.9. The number of aliphatic hydroxyl groups is 1. The Kier molecular flexibility index (Phi) is 12.3. The van der Waals surface area contributed by atoms with E-state index >= 15 is 0 Å². The average molecular weight is 907 g/mol. The van der Waals surface area contributed by atoms with Gasteiger partial charge in [-0.15, -0.1) is 0 Å². The number of benzene rings is 3. The summed E-state index contributed by atoms with van der Waals surface area (Å²) in [6.45, 7) is 8.92. The Bertz CT molecular complexity index is 2430. The average Bonchev–Trinajstić information content (AvgIpc) is 3.89. The maximum atomic E-state index is 14.6. The number of hydrogen-bond donors (Lipinski definition) is 2. The monoisotopic (exact) mass is 906 g/mol. The lowest BCUT2D eigenvalue weighted by molar-refractivity contribution is -0.151. The van der Waals surface area contributed by atoms with Gasteiger partial charge in [0.2, 0.25) is 6.79 Å². The molecule has 65 heavy (non-hydrogen) atoms. The Morgan fingerprint density at radius 1 is 1.02 bits per heavy atom. The number of piperazine rings is 1. The highest BCUT2D eigenvalue weighted by Crippen LogP contribution is 2.56. The summed E-state index contributed by atoms with van der Waals surface area (Å²) in [5.41, 5.74) is 8.34. The van der Waals surface area contributed by atoms with Gasteiger partial charge in [-0.25, -0.2) is 9.59 Å². The summed E-state index contributed by atoms with van der Waals surface area (Å²) in [6, 6.07) is 18.2. The summed E-state index contributed by atoms with van der Waals surface area (Å²) in [5.74, 6) is 2.03. The van der Waals surface area contributed by atoms with Crippen molar-refractivity contribution in [2.75, 3.05) is 53.0 Å². The van der Waals surface area contributed by atoms with Crippen LogP contribution in [0.2, 0.25) is 0 Å². The van der Waals surface area contributed by atoms with Crippen LogP contribution in [-0.2, 0) is 34.9 Å². The van der Waals surface area contributed by atoms with Gasteiger partial charge in [0.05, 0.1) is 31.4 Å². The number of hydrogen-bond acceptors (Lipinski definition) is 14. The van der Waals surface area contributed by atoms with Crippen molar-refractivity contribution in [1.82, 2.24) is 15.1 Å². The number of ether oxygens (including phenoxy) is 7. The van der Waals surface area contributed by atoms with Crippen molar-refractivity contribution < 1.29 is 47.9 Å². The van der Waals surface area contributed by atoms with Gasteiger partial charge in [0, 0.05) is 59.2 Å². The van der Waals surface area contributed by atoms with Crippen LogP contribution >= 0.6 is 11.8 Å². The fourth-order valence-corrected chi connectivity index (χ4v) is 12.5. The molecule has 1 amide bonds. The molecule has 2 unspecified atom stereocenters. The molecule has 344 valence electrons. The molecule has 0 saturated carbocycles. The molecule has 3 aromatic carbocycles. The highest BCUT2D eigenvalue weighted by molar-refractivity contribution is 7.99. The maximum Gasteiger partial charge on any atom is 0.408 e. The molecule has 0 aromatic heterocycles. The number of aryl methyl sites for hydroxylation is 1. The number of nitriles is 1. The first-order chi connectivity index (χ1) is 31.3. The number of likely N-dealkylation sites (N-methyl/N-ethyl adjacent to an activating group) is 1. The van der Waals surface area contributed by atoms with E-state index in [1.165, 1.54) is 22.3 Å². The Labute approximate surface area is 384 Å². The van der Waals surface area contributed by atoms with Gasteiger partial charge in [-0.05, 0) is 87.9 Å². The van der Waals surface area contributed by atoms with Gasteiger partial charge in [0.15, 0.2) is 29.8 Å². The van der Waals surface area contributed by atoms with Gasteiger partial charge < -0.3 is 43.6 Å². The molecule has 3 fully saturated rings. The summed E-state index contributed by atoms with van der Waals surface area (Å²) in [4.78, 5) is 32.4. The SMILES string of the molecule is COCOc1c(OC)c(C)cc2c1[C@@H]1[C@@H]3CC4C(=C5OCOC5=C(C)C4O)[C@H](COC(=O)[C@@H](CSCC4c5ccccc5-c5ccccc54)NC(=O)OC(C)(C)C)N3[C@@H](C#N)[C@H](C2)N1C. The zero-order valence-electron chi connectivity index (χ0n) is 38.2. The standard InChI is InChI=1S/C50H58N4O10S/c1-26-17-28-18-36-38(20-51)54-37(42(53(36)6)40(28)46(44(26)59-8)61-24-58-7)19-33-41(47-45(62-25-63-47)27(2)43(33)55)39(54)21-60-48(56)35(52-49(57)64-50(3,4)5)23-65-22-34-31-15-11-9-13-29(31)30-14-10-12-16-32(30)34/h9-17,33-39,42-43,55H,18-19,21-25H2,1-8H3,(H,52,57)/t33?,35-,36+,37+,38+,39+,42+,43?/m1/s1. The highest BCUT2D eigenvalue weighted by Gasteiger charge is 2.60. The second kappa shape index (κ2) is 17.9. The maximum absolute atomic E-state index is 14.6. The third kappa shape index (κ3) is 7.90. The third-order valence-corrected chi connectivity index (χ3v) is 15.0. The van der Waals surface area contributed by atoms with E-state index in [-0.39, 0.29) is 50.0 Å². The largest absolute Gasteiger partial charge is 0.493 e. The van der Waals surface area contributed by atoms with Gasteiger partial charge in [0.25, 0.3) is 0 Å². The van der Waals surface area contributed by atoms with Crippen molar-refractivity contribution >= 4 is 23.8 Å². The van der Waals surface area contributed by atoms with Crippen molar-refractivity contribution in [2.45, 2.75) is 101 Å². The molecule has 14 nitrogen and oxygen atoms in total. The first-order valence-corrected chi connectivity index (χ1v) is 23.4. The summed E-state index contributed by atoms with van der Waals surface area (Å²) in [5, 5.41) is 26.2. The van der Waals surface area contributed by atoms with E-state index < -0.39 is 47.8 Å². The number of aliphatic hydroxyl groups excluding tert-OH is 1. The number of rotatable bonds is 12. The summed E-state index contributed by atoms with van der Waals surface area (Å²) in [6.07, 6.45) is -0.673. The van der Waals surface area contributed by atoms with E-state index in [4.69, 9.17) is 33.2 Å². The molecule has 2 aliphatic carbocycles. The van der Waals surface area contributed by atoms with E-state index in [0.29, 0.717) is 47.2 Å².